The molecule has 1 amide bonds. The molecule has 0 aliphatic rings. The standard InChI is InChI=1S/C25H24ClFN4O2S/c1-30(2)12-13-31(3)24-29-22-11-7-18(15-23(22)34-24)28-25(32)33-19-8-4-16(5-9-19)20-10-6-17(27)14-21(20)26/h4-11,14-15H,12-13H2,1-3H3,(H,28,32). The minimum atomic E-state index is -0.597. The Hall–Kier alpha value is -3.20. The lowest BCUT2D eigenvalue weighted by atomic mass is 10.1. The Bertz CT molecular complexity index is 1310. The van der Waals surface area contributed by atoms with Crippen LogP contribution in [0.15, 0.2) is 60.7 Å². The summed E-state index contributed by atoms with van der Waals surface area (Å²) in [7, 11) is 6.10. The van der Waals surface area contributed by atoms with Crippen molar-refractivity contribution in [2.75, 3.05) is 44.4 Å². The van der Waals surface area contributed by atoms with Crippen LogP contribution in [0, 0.1) is 5.82 Å². The molecule has 1 N–H and O–H groups in total. The second kappa shape index (κ2) is 10.4. The lowest BCUT2D eigenvalue weighted by molar-refractivity contribution is 0.215. The number of thiazole rings is 1. The van der Waals surface area contributed by atoms with E-state index in [9.17, 15) is 9.18 Å². The number of benzene rings is 3. The van der Waals surface area contributed by atoms with Gasteiger partial charge in [0.25, 0.3) is 0 Å². The third kappa shape index (κ3) is 5.83. The molecule has 0 atom stereocenters. The number of likely N-dealkylation sites (N-methyl/N-ethyl adjacent to an activating group) is 2. The Kier molecular flexibility index (Phi) is 7.31. The monoisotopic (exact) mass is 498 g/mol. The van der Waals surface area contributed by atoms with Gasteiger partial charge in [0.15, 0.2) is 5.13 Å². The molecule has 0 radical (unpaired) electrons. The number of aromatic nitrogens is 1. The lowest BCUT2D eigenvalue weighted by Gasteiger charge is -2.18. The second-order valence-electron chi connectivity index (χ2n) is 8.07. The molecule has 34 heavy (non-hydrogen) atoms. The summed E-state index contributed by atoms with van der Waals surface area (Å²) in [6.07, 6.45) is -0.597. The fourth-order valence-electron chi connectivity index (χ4n) is 3.28. The van der Waals surface area contributed by atoms with E-state index in [1.165, 1.54) is 12.1 Å². The predicted octanol–water partition coefficient (Wildman–Crippen LogP) is 6.36. The average molecular weight is 499 g/mol. The van der Waals surface area contributed by atoms with Crippen LogP contribution in [0.2, 0.25) is 5.02 Å². The first-order valence-corrected chi connectivity index (χ1v) is 11.8. The summed E-state index contributed by atoms with van der Waals surface area (Å²) < 4.78 is 19.7. The Morgan fingerprint density at radius 2 is 1.82 bits per heavy atom. The second-order valence-corrected chi connectivity index (χ2v) is 9.48. The Morgan fingerprint density at radius 3 is 2.53 bits per heavy atom. The SMILES string of the molecule is CN(C)CCN(C)c1nc2ccc(NC(=O)Oc3ccc(-c4ccc(F)cc4Cl)cc3)cc2s1. The van der Waals surface area contributed by atoms with Crippen LogP contribution in [-0.2, 0) is 0 Å². The fraction of sp³-hybridized carbons (Fsp3) is 0.200. The lowest BCUT2D eigenvalue weighted by Crippen LogP contribution is -2.28. The number of ether oxygens (including phenoxy) is 1. The third-order valence-corrected chi connectivity index (χ3v) is 6.58. The highest BCUT2D eigenvalue weighted by molar-refractivity contribution is 7.22. The zero-order chi connectivity index (χ0) is 24.2. The van der Waals surface area contributed by atoms with Crippen molar-refractivity contribution in [3.8, 4) is 16.9 Å². The van der Waals surface area contributed by atoms with Crippen molar-refractivity contribution < 1.29 is 13.9 Å². The van der Waals surface area contributed by atoms with Crippen LogP contribution in [0.3, 0.4) is 0 Å². The normalized spacial score (nSPS) is 11.1. The van der Waals surface area contributed by atoms with Gasteiger partial charge in [-0.3, -0.25) is 5.32 Å². The smallest absolute Gasteiger partial charge is 0.410 e. The molecule has 1 heterocycles. The van der Waals surface area contributed by atoms with E-state index in [1.807, 2.05) is 33.3 Å². The maximum Gasteiger partial charge on any atom is 0.417 e. The summed E-state index contributed by atoms with van der Waals surface area (Å²) in [4.78, 5) is 21.3. The van der Waals surface area contributed by atoms with E-state index in [2.05, 4.69) is 20.1 Å². The van der Waals surface area contributed by atoms with Crippen molar-refractivity contribution in [3.05, 3.63) is 71.5 Å². The number of nitrogens with one attached hydrogen (secondary N) is 1. The molecule has 0 spiro atoms. The maximum absolute atomic E-state index is 13.3. The van der Waals surface area contributed by atoms with Gasteiger partial charge in [-0.1, -0.05) is 35.1 Å². The largest absolute Gasteiger partial charge is 0.417 e. The molecule has 1 aromatic heterocycles. The van der Waals surface area contributed by atoms with Gasteiger partial charge in [-0.25, -0.2) is 14.2 Å². The number of anilines is 2. The highest BCUT2D eigenvalue weighted by Crippen LogP contribution is 2.31. The van der Waals surface area contributed by atoms with Crippen LogP contribution in [0.4, 0.5) is 20.0 Å². The average Bonchev–Trinajstić information content (AvgIpc) is 3.22. The fourth-order valence-corrected chi connectivity index (χ4v) is 4.54. The van der Waals surface area contributed by atoms with Crippen LogP contribution < -0.4 is 15.0 Å². The van der Waals surface area contributed by atoms with Crippen molar-refractivity contribution in [1.82, 2.24) is 9.88 Å². The number of carbonyl (C=O) groups excluding carboxylic acids is 1. The zero-order valence-corrected chi connectivity index (χ0v) is 20.6. The first kappa shape index (κ1) is 23.9. The first-order valence-electron chi connectivity index (χ1n) is 10.6. The van der Waals surface area contributed by atoms with Gasteiger partial charge in [-0.05, 0) is 68.2 Å². The molecule has 4 aromatic rings. The summed E-state index contributed by atoms with van der Waals surface area (Å²) in [5.41, 5.74) is 2.99. The summed E-state index contributed by atoms with van der Waals surface area (Å²) in [6.45, 7) is 1.80. The van der Waals surface area contributed by atoms with Gasteiger partial charge < -0.3 is 14.5 Å². The molecule has 9 heteroatoms. The molecule has 0 unspecified atom stereocenters. The molecule has 0 bridgehead atoms. The molecule has 0 aliphatic heterocycles. The van der Waals surface area contributed by atoms with E-state index < -0.39 is 11.9 Å². The molecule has 0 saturated carbocycles. The van der Waals surface area contributed by atoms with Gasteiger partial charge in [0.1, 0.15) is 11.6 Å². The minimum Gasteiger partial charge on any atom is -0.410 e. The molecule has 6 nitrogen and oxygen atoms in total. The Morgan fingerprint density at radius 1 is 1.06 bits per heavy atom. The van der Waals surface area contributed by atoms with Crippen LogP contribution in [0.5, 0.6) is 5.75 Å². The number of carbonyl (C=O) groups is 1. The summed E-state index contributed by atoms with van der Waals surface area (Å²) in [5, 5.41) is 4.00. The van der Waals surface area contributed by atoms with E-state index in [0.717, 1.165) is 34.0 Å². The summed E-state index contributed by atoms with van der Waals surface area (Å²) in [6, 6.07) is 16.6. The van der Waals surface area contributed by atoms with Crippen molar-refractivity contribution >= 4 is 50.1 Å². The van der Waals surface area contributed by atoms with Gasteiger partial charge in [0.05, 0.1) is 15.2 Å². The number of halogens is 2. The van der Waals surface area contributed by atoms with Crippen molar-refractivity contribution in [2.24, 2.45) is 0 Å². The van der Waals surface area contributed by atoms with Crippen molar-refractivity contribution in [2.45, 2.75) is 0 Å². The molecule has 4 rings (SSSR count). The Labute approximate surface area is 206 Å². The van der Waals surface area contributed by atoms with Crippen LogP contribution in [0.25, 0.3) is 21.3 Å². The molecule has 0 aliphatic carbocycles. The number of amides is 1. The minimum absolute atomic E-state index is 0.317. The summed E-state index contributed by atoms with van der Waals surface area (Å²) in [5.74, 6) is -0.0161. The number of nitrogens with zero attached hydrogens (tertiary/aromatic N) is 3. The van der Waals surface area contributed by atoms with E-state index >= 15 is 0 Å². The molecular weight excluding hydrogens is 475 g/mol. The van der Waals surface area contributed by atoms with Gasteiger partial charge >= 0.3 is 6.09 Å². The summed E-state index contributed by atoms with van der Waals surface area (Å²) >= 11 is 7.70. The van der Waals surface area contributed by atoms with Gasteiger partial charge in [0.2, 0.25) is 0 Å². The quantitative estimate of drug-likeness (QED) is 0.321. The highest BCUT2D eigenvalue weighted by atomic mass is 35.5. The highest BCUT2D eigenvalue weighted by Gasteiger charge is 2.12. The zero-order valence-electron chi connectivity index (χ0n) is 19.0. The van der Waals surface area contributed by atoms with Crippen LogP contribution >= 0.6 is 22.9 Å². The van der Waals surface area contributed by atoms with Crippen molar-refractivity contribution in [1.29, 1.82) is 0 Å². The number of rotatable bonds is 7. The topological polar surface area (TPSA) is 57.7 Å². The molecule has 0 saturated heterocycles. The van der Waals surface area contributed by atoms with E-state index in [-0.39, 0.29) is 0 Å². The first-order chi connectivity index (χ1) is 16.3. The molecular formula is C25H24ClFN4O2S. The molecule has 3 aromatic carbocycles. The van der Waals surface area contributed by atoms with Crippen LogP contribution in [0.1, 0.15) is 0 Å². The molecule has 0 fully saturated rings. The van der Waals surface area contributed by atoms with Gasteiger partial charge in [-0.15, -0.1) is 0 Å². The number of hydrogen-bond donors (Lipinski definition) is 1. The van der Waals surface area contributed by atoms with E-state index in [1.54, 1.807) is 47.7 Å². The maximum atomic E-state index is 13.3. The Balaban J connectivity index is 1.40. The molecule has 176 valence electrons. The van der Waals surface area contributed by atoms with E-state index in [4.69, 9.17) is 16.3 Å². The van der Waals surface area contributed by atoms with Crippen LogP contribution in [-0.4, -0.2) is 50.2 Å². The van der Waals surface area contributed by atoms with E-state index in [0.29, 0.717) is 22.0 Å². The van der Waals surface area contributed by atoms with Gasteiger partial charge in [-0.2, -0.15) is 0 Å². The van der Waals surface area contributed by atoms with Gasteiger partial charge in [0, 0.05) is 31.4 Å². The predicted molar refractivity (Wildman–Crippen MR) is 138 cm³/mol. The number of hydrogen-bond acceptors (Lipinski definition) is 6. The number of fused-ring (bicyclic) bond motifs is 1. The van der Waals surface area contributed by atoms with Crippen molar-refractivity contribution in [3.63, 3.8) is 0 Å². The third-order valence-electron chi connectivity index (χ3n) is 5.14.